The lowest BCUT2D eigenvalue weighted by molar-refractivity contribution is 0.325. The zero-order valence-electron chi connectivity index (χ0n) is 11.6. The number of aromatic nitrogens is 4. The normalized spacial score (nSPS) is 10.5. The van der Waals surface area contributed by atoms with E-state index in [-0.39, 0.29) is 0 Å². The number of hydrogen-bond donors (Lipinski definition) is 1. The van der Waals surface area contributed by atoms with Gasteiger partial charge < -0.3 is 10.5 Å². The Labute approximate surface area is 122 Å². The monoisotopic (exact) mass is 281 g/mol. The zero-order valence-corrected chi connectivity index (χ0v) is 11.6. The lowest BCUT2D eigenvalue weighted by atomic mass is 10.1. The number of ether oxygens (including phenoxy) is 1. The van der Waals surface area contributed by atoms with Gasteiger partial charge >= 0.3 is 0 Å². The van der Waals surface area contributed by atoms with Crippen LogP contribution < -0.4 is 10.5 Å². The van der Waals surface area contributed by atoms with E-state index in [1.807, 2.05) is 37.4 Å². The van der Waals surface area contributed by atoms with E-state index in [4.69, 9.17) is 10.5 Å². The van der Waals surface area contributed by atoms with Gasteiger partial charge in [-0.3, -0.25) is 0 Å². The maximum Gasteiger partial charge on any atom is 0.253 e. The Morgan fingerprint density at radius 1 is 1.14 bits per heavy atom. The number of rotatable bonds is 4. The highest BCUT2D eigenvalue weighted by molar-refractivity contribution is 5.64. The smallest absolute Gasteiger partial charge is 0.253 e. The van der Waals surface area contributed by atoms with Crippen LogP contribution in [0.5, 0.6) is 5.88 Å². The third-order valence-electron chi connectivity index (χ3n) is 2.94. The summed E-state index contributed by atoms with van der Waals surface area (Å²) in [5, 5.41) is 4.29. The highest BCUT2D eigenvalue weighted by Crippen LogP contribution is 2.20. The standard InChI is InChI=1S/C15H15N5O/c1-2-21-14-7-8-17-15(19-14)20-10-12(9-18-20)11-3-5-13(16)6-4-11/h3-10H,2,16H2,1H3. The molecule has 1 aromatic carbocycles. The number of nitrogen functional groups attached to an aromatic ring is 1. The Balaban J connectivity index is 1.91. The van der Waals surface area contributed by atoms with Crippen LogP contribution in [0.4, 0.5) is 5.69 Å². The van der Waals surface area contributed by atoms with E-state index >= 15 is 0 Å². The first kappa shape index (κ1) is 13.1. The second-order valence-corrected chi connectivity index (χ2v) is 4.42. The molecule has 6 heteroatoms. The summed E-state index contributed by atoms with van der Waals surface area (Å²) in [6.45, 7) is 2.47. The van der Waals surface area contributed by atoms with Crippen molar-refractivity contribution in [2.24, 2.45) is 0 Å². The van der Waals surface area contributed by atoms with E-state index in [9.17, 15) is 0 Å². The fourth-order valence-corrected chi connectivity index (χ4v) is 1.93. The molecule has 3 aromatic rings. The molecule has 2 aromatic heterocycles. The number of benzene rings is 1. The van der Waals surface area contributed by atoms with Crippen LogP contribution in [-0.4, -0.2) is 26.4 Å². The molecule has 0 aliphatic heterocycles. The molecule has 2 N–H and O–H groups in total. The van der Waals surface area contributed by atoms with Gasteiger partial charge in [0.05, 0.1) is 12.8 Å². The first-order chi connectivity index (χ1) is 10.3. The van der Waals surface area contributed by atoms with Crippen molar-refractivity contribution in [2.75, 3.05) is 12.3 Å². The van der Waals surface area contributed by atoms with Gasteiger partial charge in [0, 0.05) is 29.7 Å². The Kier molecular flexibility index (Phi) is 3.51. The molecule has 0 saturated heterocycles. The second-order valence-electron chi connectivity index (χ2n) is 4.42. The summed E-state index contributed by atoms with van der Waals surface area (Å²) in [5.41, 5.74) is 8.44. The van der Waals surface area contributed by atoms with Crippen molar-refractivity contribution < 1.29 is 4.74 Å². The molecular weight excluding hydrogens is 266 g/mol. The maximum absolute atomic E-state index is 5.69. The summed E-state index contributed by atoms with van der Waals surface area (Å²) in [5.74, 6) is 1.01. The topological polar surface area (TPSA) is 78.9 Å². The number of hydrogen-bond acceptors (Lipinski definition) is 5. The summed E-state index contributed by atoms with van der Waals surface area (Å²) in [6.07, 6.45) is 5.29. The highest BCUT2D eigenvalue weighted by atomic mass is 16.5. The summed E-state index contributed by atoms with van der Waals surface area (Å²) >= 11 is 0. The number of nitrogens with zero attached hydrogens (tertiary/aromatic N) is 4. The summed E-state index contributed by atoms with van der Waals surface area (Å²) in [4.78, 5) is 8.50. The van der Waals surface area contributed by atoms with Gasteiger partial charge in [-0.25, -0.2) is 9.67 Å². The number of anilines is 1. The molecule has 0 unspecified atom stereocenters. The van der Waals surface area contributed by atoms with E-state index in [0.29, 0.717) is 18.4 Å². The van der Waals surface area contributed by atoms with Gasteiger partial charge in [-0.15, -0.1) is 0 Å². The Morgan fingerprint density at radius 2 is 1.95 bits per heavy atom. The number of nitrogens with two attached hydrogens (primary N) is 1. The lowest BCUT2D eigenvalue weighted by Gasteiger charge is -2.03. The van der Waals surface area contributed by atoms with E-state index in [1.54, 1.807) is 23.1 Å². The molecule has 21 heavy (non-hydrogen) atoms. The third kappa shape index (κ3) is 2.84. The molecule has 2 heterocycles. The molecule has 0 bridgehead atoms. The van der Waals surface area contributed by atoms with E-state index in [2.05, 4.69) is 15.1 Å². The van der Waals surface area contributed by atoms with Crippen molar-refractivity contribution in [2.45, 2.75) is 6.92 Å². The Morgan fingerprint density at radius 3 is 2.71 bits per heavy atom. The van der Waals surface area contributed by atoms with Crippen LogP contribution >= 0.6 is 0 Å². The van der Waals surface area contributed by atoms with Crippen LogP contribution in [0.1, 0.15) is 6.92 Å². The third-order valence-corrected chi connectivity index (χ3v) is 2.94. The fraction of sp³-hybridized carbons (Fsp3) is 0.133. The molecule has 0 radical (unpaired) electrons. The van der Waals surface area contributed by atoms with E-state index < -0.39 is 0 Å². The molecule has 6 nitrogen and oxygen atoms in total. The SMILES string of the molecule is CCOc1ccnc(-n2cc(-c3ccc(N)cc3)cn2)n1. The molecule has 0 spiro atoms. The Bertz CT molecular complexity index is 736. The summed E-state index contributed by atoms with van der Waals surface area (Å²) < 4.78 is 6.99. The van der Waals surface area contributed by atoms with Crippen molar-refractivity contribution in [3.63, 3.8) is 0 Å². The Hall–Kier alpha value is -2.89. The van der Waals surface area contributed by atoms with E-state index in [0.717, 1.165) is 16.8 Å². The molecule has 0 aliphatic rings. The van der Waals surface area contributed by atoms with Crippen molar-refractivity contribution in [1.82, 2.24) is 19.7 Å². The molecule has 0 aliphatic carbocycles. The van der Waals surface area contributed by atoms with Crippen LogP contribution in [0.25, 0.3) is 17.1 Å². The lowest BCUT2D eigenvalue weighted by Crippen LogP contribution is -2.03. The molecule has 0 saturated carbocycles. The van der Waals surface area contributed by atoms with E-state index in [1.165, 1.54) is 0 Å². The van der Waals surface area contributed by atoms with Gasteiger partial charge in [0.1, 0.15) is 0 Å². The fourth-order valence-electron chi connectivity index (χ4n) is 1.93. The van der Waals surface area contributed by atoms with Gasteiger partial charge in [0.15, 0.2) is 0 Å². The average Bonchev–Trinajstić information content (AvgIpc) is 2.98. The van der Waals surface area contributed by atoms with Crippen molar-refractivity contribution in [3.8, 4) is 23.0 Å². The van der Waals surface area contributed by atoms with Crippen LogP contribution in [0.3, 0.4) is 0 Å². The van der Waals surface area contributed by atoms with Gasteiger partial charge in [-0.05, 0) is 24.6 Å². The largest absolute Gasteiger partial charge is 0.478 e. The van der Waals surface area contributed by atoms with Gasteiger partial charge in [-0.2, -0.15) is 10.1 Å². The molecule has 0 amide bonds. The quantitative estimate of drug-likeness (QED) is 0.742. The van der Waals surface area contributed by atoms with Gasteiger partial charge in [0.25, 0.3) is 5.95 Å². The predicted molar refractivity (Wildman–Crippen MR) is 80.2 cm³/mol. The van der Waals surface area contributed by atoms with Crippen LogP contribution in [-0.2, 0) is 0 Å². The highest BCUT2D eigenvalue weighted by Gasteiger charge is 2.06. The molecule has 3 rings (SSSR count). The predicted octanol–water partition coefficient (Wildman–Crippen LogP) is 2.31. The zero-order chi connectivity index (χ0) is 14.7. The van der Waals surface area contributed by atoms with Gasteiger partial charge in [0.2, 0.25) is 5.88 Å². The summed E-state index contributed by atoms with van der Waals surface area (Å²) in [6, 6.07) is 9.34. The first-order valence-electron chi connectivity index (χ1n) is 6.63. The minimum atomic E-state index is 0.475. The summed E-state index contributed by atoms with van der Waals surface area (Å²) in [7, 11) is 0. The molecule has 0 fully saturated rings. The average molecular weight is 281 g/mol. The van der Waals surface area contributed by atoms with Crippen molar-refractivity contribution in [3.05, 3.63) is 48.9 Å². The van der Waals surface area contributed by atoms with Crippen LogP contribution in [0, 0.1) is 0 Å². The van der Waals surface area contributed by atoms with Crippen molar-refractivity contribution in [1.29, 1.82) is 0 Å². The molecular formula is C15H15N5O. The molecule has 106 valence electrons. The van der Waals surface area contributed by atoms with Gasteiger partial charge in [-0.1, -0.05) is 12.1 Å². The molecule has 0 atom stereocenters. The second kappa shape index (κ2) is 5.62. The minimum Gasteiger partial charge on any atom is -0.478 e. The minimum absolute atomic E-state index is 0.475. The van der Waals surface area contributed by atoms with Crippen LogP contribution in [0.2, 0.25) is 0 Å². The van der Waals surface area contributed by atoms with Crippen LogP contribution in [0.15, 0.2) is 48.9 Å². The first-order valence-corrected chi connectivity index (χ1v) is 6.63. The van der Waals surface area contributed by atoms with Crippen molar-refractivity contribution >= 4 is 5.69 Å². The maximum atomic E-state index is 5.69.